The molecule has 0 heterocycles. The minimum Gasteiger partial charge on any atom is -0.396 e. The van der Waals surface area contributed by atoms with Crippen molar-refractivity contribution >= 4 is 11.6 Å². The van der Waals surface area contributed by atoms with Crippen LogP contribution in [-0.4, -0.2) is 11.7 Å². The third kappa shape index (κ3) is 3.10. The van der Waals surface area contributed by atoms with E-state index in [1.165, 1.54) is 0 Å². The van der Waals surface area contributed by atoms with Gasteiger partial charge in [-0.15, -0.1) is 0 Å². The summed E-state index contributed by atoms with van der Waals surface area (Å²) in [6.45, 7) is 0.0998. The Morgan fingerprint density at radius 3 is 2.39 bits per heavy atom. The molecule has 3 N–H and O–H groups in total. The highest BCUT2D eigenvalue weighted by atomic mass is 35.5. The van der Waals surface area contributed by atoms with Crippen LogP contribution in [0.2, 0.25) is 5.02 Å². The van der Waals surface area contributed by atoms with Gasteiger partial charge < -0.3 is 10.8 Å². The van der Waals surface area contributed by atoms with Crippen molar-refractivity contribution < 1.29 is 5.11 Å². The zero-order chi connectivity index (χ0) is 13.0. The Bertz CT molecular complexity index is 527. The number of benzene rings is 2. The van der Waals surface area contributed by atoms with E-state index in [2.05, 4.69) is 0 Å². The van der Waals surface area contributed by atoms with E-state index >= 15 is 0 Å². The van der Waals surface area contributed by atoms with Crippen molar-refractivity contribution in [2.24, 2.45) is 5.73 Å². The summed E-state index contributed by atoms with van der Waals surface area (Å²) in [5.74, 6) is 0. The van der Waals surface area contributed by atoms with Gasteiger partial charge in [0.25, 0.3) is 0 Å². The lowest BCUT2D eigenvalue weighted by atomic mass is 9.98. The van der Waals surface area contributed by atoms with Crippen LogP contribution in [0.1, 0.15) is 18.0 Å². The Balaban J connectivity index is 2.32. The summed E-state index contributed by atoms with van der Waals surface area (Å²) < 4.78 is 0. The third-order valence-corrected chi connectivity index (χ3v) is 3.15. The molecule has 0 aliphatic carbocycles. The van der Waals surface area contributed by atoms with Gasteiger partial charge in [-0.1, -0.05) is 41.9 Å². The van der Waals surface area contributed by atoms with Crippen LogP contribution in [0.3, 0.4) is 0 Å². The highest BCUT2D eigenvalue weighted by Gasteiger charge is 2.06. The molecule has 0 aromatic heterocycles. The summed E-state index contributed by atoms with van der Waals surface area (Å²) >= 11 is 5.99. The van der Waals surface area contributed by atoms with Crippen molar-refractivity contribution in [1.29, 1.82) is 0 Å². The summed E-state index contributed by atoms with van der Waals surface area (Å²) in [6, 6.07) is 15.6. The smallest absolute Gasteiger partial charge is 0.0449 e. The predicted octanol–water partition coefficient (Wildman–Crippen LogP) is 3.39. The van der Waals surface area contributed by atoms with Gasteiger partial charge in [-0.05, 0) is 41.3 Å². The van der Waals surface area contributed by atoms with Crippen molar-refractivity contribution in [1.82, 2.24) is 0 Å². The Hall–Kier alpha value is -1.35. The summed E-state index contributed by atoms with van der Waals surface area (Å²) in [7, 11) is 0. The van der Waals surface area contributed by atoms with Crippen LogP contribution >= 0.6 is 11.6 Å². The average molecular weight is 262 g/mol. The fourth-order valence-electron chi connectivity index (χ4n) is 1.92. The SMILES string of the molecule is NC(CCO)c1cccc(-c2cccc(Cl)c2)c1. The van der Waals surface area contributed by atoms with E-state index in [1.807, 2.05) is 48.5 Å². The molecule has 0 amide bonds. The molecule has 2 aromatic carbocycles. The number of nitrogens with two attached hydrogens (primary N) is 1. The number of rotatable bonds is 4. The van der Waals surface area contributed by atoms with Crippen LogP contribution in [-0.2, 0) is 0 Å². The van der Waals surface area contributed by atoms with E-state index in [1.54, 1.807) is 0 Å². The summed E-state index contributed by atoms with van der Waals surface area (Å²) in [6.07, 6.45) is 0.568. The average Bonchev–Trinajstić information content (AvgIpc) is 2.39. The van der Waals surface area contributed by atoms with Gasteiger partial charge in [-0.25, -0.2) is 0 Å². The molecule has 2 nitrogen and oxygen atoms in total. The van der Waals surface area contributed by atoms with Crippen LogP contribution in [0.15, 0.2) is 48.5 Å². The van der Waals surface area contributed by atoms with Crippen LogP contribution < -0.4 is 5.73 Å². The van der Waals surface area contributed by atoms with E-state index in [4.69, 9.17) is 22.4 Å². The molecule has 0 saturated heterocycles. The molecule has 18 heavy (non-hydrogen) atoms. The second-order valence-corrected chi connectivity index (χ2v) is 4.69. The molecule has 0 saturated carbocycles. The Labute approximate surface area is 112 Å². The van der Waals surface area contributed by atoms with Crippen molar-refractivity contribution in [2.45, 2.75) is 12.5 Å². The summed E-state index contributed by atoms with van der Waals surface area (Å²) in [4.78, 5) is 0. The minimum atomic E-state index is -0.130. The molecule has 0 aliphatic heterocycles. The van der Waals surface area contributed by atoms with Gasteiger partial charge in [0.2, 0.25) is 0 Å². The fraction of sp³-hybridized carbons (Fsp3) is 0.200. The number of aliphatic hydroxyl groups excluding tert-OH is 1. The largest absolute Gasteiger partial charge is 0.396 e. The van der Waals surface area contributed by atoms with Crippen LogP contribution in [0.5, 0.6) is 0 Å². The lowest BCUT2D eigenvalue weighted by molar-refractivity contribution is 0.276. The molecule has 2 aromatic rings. The minimum absolute atomic E-state index is 0.0998. The molecule has 2 rings (SSSR count). The van der Waals surface area contributed by atoms with Crippen LogP contribution in [0, 0.1) is 0 Å². The molecule has 0 bridgehead atoms. The maximum Gasteiger partial charge on any atom is 0.0449 e. The summed E-state index contributed by atoms with van der Waals surface area (Å²) in [5.41, 5.74) is 9.18. The lowest BCUT2D eigenvalue weighted by Crippen LogP contribution is -2.11. The first-order valence-corrected chi connectivity index (χ1v) is 6.31. The monoisotopic (exact) mass is 261 g/mol. The molecule has 1 atom stereocenters. The van der Waals surface area contributed by atoms with Gasteiger partial charge in [0.1, 0.15) is 0 Å². The Kier molecular flexibility index (Phi) is 4.37. The molecule has 3 heteroatoms. The maximum absolute atomic E-state index is 8.92. The van der Waals surface area contributed by atoms with Crippen molar-refractivity contribution in [3.8, 4) is 11.1 Å². The normalized spacial score (nSPS) is 12.4. The molecule has 1 unspecified atom stereocenters. The molecule has 0 spiro atoms. The van der Waals surface area contributed by atoms with Gasteiger partial charge in [0.15, 0.2) is 0 Å². The van der Waals surface area contributed by atoms with Gasteiger partial charge in [0.05, 0.1) is 0 Å². The molecule has 0 radical (unpaired) electrons. The number of hydrogen-bond acceptors (Lipinski definition) is 2. The molecular formula is C15H16ClNO. The summed E-state index contributed by atoms with van der Waals surface area (Å²) in [5, 5.41) is 9.64. The van der Waals surface area contributed by atoms with E-state index in [-0.39, 0.29) is 12.6 Å². The quantitative estimate of drug-likeness (QED) is 0.886. The van der Waals surface area contributed by atoms with E-state index < -0.39 is 0 Å². The topological polar surface area (TPSA) is 46.2 Å². The van der Waals surface area contributed by atoms with E-state index in [0.29, 0.717) is 6.42 Å². The number of halogens is 1. The second-order valence-electron chi connectivity index (χ2n) is 4.25. The molecule has 0 aliphatic rings. The van der Waals surface area contributed by atoms with Gasteiger partial charge in [-0.2, -0.15) is 0 Å². The number of aliphatic hydroxyl groups is 1. The van der Waals surface area contributed by atoms with E-state index in [9.17, 15) is 0 Å². The van der Waals surface area contributed by atoms with Crippen molar-refractivity contribution in [3.05, 3.63) is 59.1 Å². The molecule has 0 fully saturated rings. The Morgan fingerprint density at radius 2 is 1.72 bits per heavy atom. The highest BCUT2D eigenvalue weighted by molar-refractivity contribution is 6.30. The van der Waals surface area contributed by atoms with Gasteiger partial charge >= 0.3 is 0 Å². The lowest BCUT2D eigenvalue weighted by Gasteiger charge is -2.12. The number of hydrogen-bond donors (Lipinski definition) is 2. The zero-order valence-corrected chi connectivity index (χ0v) is 10.8. The predicted molar refractivity (Wildman–Crippen MR) is 75.5 cm³/mol. The van der Waals surface area contributed by atoms with E-state index in [0.717, 1.165) is 21.7 Å². The third-order valence-electron chi connectivity index (χ3n) is 2.91. The second kappa shape index (κ2) is 6.01. The maximum atomic E-state index is 8.92. The van der Waals surface area contributed by atoms with Gasteiger partial charge in [-0.3, -0.25) is 0 Å². The van der Waals surface area contributed by atoms with Crippen molar-refractivity contribution in [3.63, 3.8) is 0 Å². The Morgan fingerprint density at radius 1 is 1.06 bits per heavy atom. The molecular weight excluding hydrogens is 246 g/mol. The fourth-order valence-corrected chi connectivity index (χ4v) is 2.11. The zero-order valence-electron chi connectivity index (χ0n) is 10.0. The van der Waals surface area contributed by atoms with Crippen LogP contribution in [0.25, 0.3) is 11.1 Å². The highest BCUT2D eigenvalue weighted by Crippen LogP contribution is 2.25. The first-order valence-electron chi connectivity index (χ1n) is 5.93. The first kappa shape index (κ1) is 13.1. The standard InChI is InChI=1S/C15H16ClNO/c16-14-6-2-4-12(10-14)11-3-1-5-13(9-11)15(17)7-8-18/h1-6,9-10,15,18H,7-8,17H2. The van der Waals surface area contributed by atoms with Crippen LogP contribution in [0.4, 0.5) is 0 Å². The van der Waals surface area contributed by atoms with Gasteiger partial charge in [0, 0.05) is 17.7 Å². The molecule has 94 valence electrons. The van der Waals surface area contributed by atoms with Crippen molar-refractivity contribution in [2.75, 3.05) is 6.61 Å². The first-order chi connectivity index (χ1) is 8.70.